The molecule has 37 heavy (non-hydrogen) atoms. The van der Waals surface area contributed by atoms with Crippen LogP contribution in [0.2, 0.25) is 0 Å². The zero-order chi connectivity index (χ0) is 26.5. The summed E-state index contributed by atoms with van der Waals surface area (Å²) in [7, 11) is 1.15. The van der Waals surface area contributed by atoms with Crippen molar-refractivity contribution in [3.63, 3.8) is 0 Å². The normalized spacial score (nSPS) is 15.5. The first-order chi connectivity index (χ1) is 17.5. The van der Waals surface area contributed by atoms with Crippen molar-refractivity contribution < 1.29 is 27.5 Å². The van der Waals surface area contributed by atoms with E-state index < -0.39 is 17.9 Å². The lowest BCUT2D eigenvalue weighted by Gasteiger charge is -2.33. The van der Waals surface area contributed by atoms with Gasteiger partial charge in [0.2, 0.25) is 11.8 Å². The van der Waals surface area contributed by atoms with Crippen molar-refractivity contribution in [2.45, 2.75) is 39.0 Å². The first-order valence-electron chi connectivity index (χ1n) is 11.3. The van der Waals surface area contributed by atoms with Crippen molar-refractivity contribution in [3.05, 3.63) is 59.8 Å². The number of nitrogens with one attached hydrogen (secondary N) is 1. The molecular weight excluding hydrogens is 491 g/mol. The summed E-state index contributed by atoms with van der Waals surface area (Å²) < 4.78 is 47.1. The van der Waals surface area contributed by atoms with E-state index in [0.29, 0.717) is 40.2 Å². The number of amides is 2. The van der Waals surface area contributed by atoms with E-state index in [1.54, 1.807) is 29.2 Å². The fraction of sp³-hybridized carbons (Fsp3) is 0.292. The maximum absolute atomic E-state index is 13.0. The van der Waals surface area contributed by atoms with Gasteiger partial charge in [0.1, 0.15) is 17.8 Å². The molecule has 1 aromatic carbocycles. The third-order valence-corrected chi connectivity index (χ3v) is 6.25. The summed E-state index contributed by atoms with van der Waals surface area (Å²) in [6.07, 6.45) is -1.14. The van der Waals surface area contributed by atoms with Gasteiger partial charge in [-0.15, -0.1) is 0 Å². The minimum absolute atomic E-state index is 0.0259. The summed E-state index contributed by atoms with van der Waals surface area (Å²) in [6.45, 7) is 3.86. The number of benzene rings is 1. The Morgan fingerprint density at radius 1 is 1.16 bits per heavy atom. The number of rotatable bonds is 3. The maximum atomic E-state index is 13.0. The van der Waals surface area contributed by atoms with Gasteiger partial charge in [-0.3, -0.25) is 19.4 Å². The van der Waals surface area contributed by atoms with Crippen LogP contribution < -0.4 is 10.1 Å². The molecule has 0 aliphatic carbocycles. The highest BCUT2D eigenvalue weighted by Gasteiger charge is 2.35. The summed E-state index contributed by atoms with van der Waals surface area (Å²) >= 11 is 0. The molecule has 4 aromatic rings. The van der Waals surface area contributed by atoms with E-state index in [4.69, 9.17) is 4.74 Å². The van der Waals surface area contributed by atoms with E-state index in [1.165, 1.54) is 24.0 Å². The van der Waals surface area contributed by atoms with Gasteiger partial charge in [0, 0.05) is 43.2 Å². The van der Waals surface area contributed by atoms with Gasteiger partial charge in [0.05, 0.1) is 17.8 Å². The third kappa shape index (κ3) is 4.59. The fourth-order valence-corrected chi connectivity index (χ4v) is 4.44. The number of anilines is 1. The molecule has 1 N–H and O–H groups in total. The highest BCUT2D eigenvalue weighted by atomic mass is 19.4. The molecule has 0 radical (unpaired) electrons. The average Bonchev–Trinajstić information content (AvgIpc) is 3.41. The molecule has 5 rings (SSSR count). The van der Waals surface area contributed by atoms with Gasteiger partial charge >= 0.3 is 12.2 Å². The summed E-state index contributed by atoms with van der Waals surface area (Å²) in [6, 6.07) is 6.82. The Bertz CT molecular complexity index is 1530. The van der Waals surface area contributed by atoms with Crippen LogP contribution in [0.4, 0.5) is 23.8 Å². The van der Waals surface area contributed by atoms with Crippen molar-refractivity contribution in [1.29, 1.82) is 0 Å². The van der Waals surface area contributed by atoms with Gasteiger partial charge in [-0.25, -0.2) is 14.8 Å². The monoisotopic (exact) mass is 513 g/mol. The van der Waals surface area contributed by atoms with E-state index in [9.17, 15) is 22.8 Å². The third-order valence-electron chi connectivity index (χ3n) is 6.25. The predicted octanol–water partition coefficient (Wildman–Crippen LogP) is 4.35. The van der Waals surface area contributed by atoms with Crippen LogP contribution in [0.1, 0.15) is 30.8 Å². The number of carbonyl (C=O) groups is 2. The van der Waals surface area contributed by atoms with Crippen LogP contribution in [0.15, 0.2) is 42.9 Å². The number of aromatic nitrogens is 5. The molecule has 0 fully saturated rings. The molecule has 13 heteroatoms. The van der Waals surface area contributed by atoms with Crippen LogP contribution in [0.3, 0.4) is 0 Å². The van der Waals surface area contributed by atoms with Crippen LogP contribution in [-0.2, 0) is 31.0 Å². The van der Waals surface area contributed by atoms with Crippen molar-refractivity contribution in [3.8, 4) is 11.6 Å². The SMILES string of the molecule is CC(=O)N1Cc2ncnc(Oc3ccc4c(ccn4C(=O)Nc4cc(C(F)(F)F)n(C)n4)c3)c2C[C@@H]1C. The molecule has 4 heterocycles. The Morgan fingerprint density at radius 3 is 2.65 bits per heavy atom. The van der Waals surface area contributed by atoms with E-state index in [0.717, 1.165) is 24.4 Å². The molecule has 1 aliphatic heterocycles. The molecule has 0 saturated heterocycles. The Labute approximate surface area is 208 Å². The molecule has 1 atom stereocenters. The van der Waals surface area contributed by atoms with Crippen molar-refractivity contribution in [2.75, 3.05) is 5.32 Å². The Kier molecular flexibility index (Phi) is 5.85. The zero-order valence-corrected chi connectivity index (χ0v) is 20.1. The van der Waals surface area contributed by atoms with Gasteiger partial charge < -0.3 is 9.64 Å². The summed E-state index contributed by atoms with van der Waals surface area (Å²) in [5.41, 5.74) is 1.10. The van der Waals surface area contributed by atoms with Crippen molar-refractivity contribution in [2.24, 2.45) is 7.05 Å². The number of carbonyl (C=O) groups excluding carboxylic acids is 2. The number of hydrogen-bond donors (Lipinski definition) is 1. The summed E-state index contributed by atoms with van der Waals surface area (Å²) in [5.74, 6) is 0.634. The standard InChI is InChI=1S/C24H22F3N7O3/c1-13-8-17-18(11-34(13)14(2)35)28-12-29-22(17)37-16-4-5-19-15(9-16)6-7-33(19)23(36)30-21-10-20(24(25,26)27)32(3)31-21/h4-7,9-10,12-13H,8,11H2,1-3H3,(H,30,31,36)/t13-/m0/s1. The Hall–Kier alpha value is -4.42. The van der Waals surface area contributed by atoms with Crippen LogP contribution in [0.5, 0.6) is 11.6 Å². The molecule has 3 aromatic heterocycles. The lowest BCUT2D eigenvalue weighted by molar-refractivity contribution is -0.143. The van der Waals surface area contributed by atoms with Crippen molar-refractivity contribution >= 4 is 28.7 Å². The molecule has 2 amide bonds. The first kappa shape index (κ1) is 24.3. The Balaban J connectivity index is 1.36. The van der Waals surface area contributed by atoms with Gasteiger partial charge in [0.15, 0.2) is 5.82 Å². The predicted molar refractivity (Wildman–Crippen MR) is 126 cm³/mol. The Morgan fingerprint density at radius 2 is 1.95 bits per heavy atom. The summed E-state index contributed by atoms with van der Waals surface area (Å²) in [4.78, 5) is 35.0. The van der Waals surface area contributed by atoms with Crippen LogP contribution >= 0.6 is 0 Å². The summed E-state index contributed by atoms with van der Waals surface area (Å²) in [5, 5.41) is 6.78. The van der Waals surface area contributed by atoms with Crippen LogP contribution in [0.25, 0.3) is 10.9 Å². The molecule has 1 aliphatic rings. The maximum Gasteiger partial charge on any atom is 0.433 e. The molecule has 192 valence electrons. The van der Waals surface area contributed by atoms with Crippen LogP contribution in [0, 0.1) is 0 Å². The van der Waals surface area contributed by atoms with E-state index >= 15 is 0 Å². The van der Waals surface area contributed by atoms with Crippen LogP contribution in [-0.4, -0.2) is 47.2 Å². The molecule has 0 saturated carbocycles. The molecule has 10 nitrogen and oxygen atoms in total. The number of alkyl halides is 3. The minimum Gasteiger partial charge on any atom is -0.439 e. The number of halogens is 3. The lowest BCUT2D eigenvalue weighted by atomic mass is 9.99. The number of ether oxygens (including phenoxy) is 1. The van der Waals surface area contributed by atoms with Gasteiger partial charge in [-0.1, -0.05) is 0 Å². The highest BCUT2D eigenvalue weighted by Crippen LogP contribution is 2.33. The number of nitrogens with zero attached hydrogens (tertiary/aromatic N) is 6. The molecule has 0 spiro atoms. The second-order valence-electron chi connectivity index (χ2n) is 8.78. The van der Waals surface area contributed by atoms with E-state index in [2.05, 4.69) is 20.4 Å². The molecular formula is C24H22F3N7O3. The fourth-order valence-electron chi connectivity index (χ4n) is 4.44. The van der Waals surface area contributed by atoms with Gasteiger partial charge in [-0.2, -0.15) is 18.3 Å². The largest absolute Gasteiger partial charge is 0.439 e. The van der Waals surface area contributed by atoms with E-state index in [1.807, 2.05) is 6.92 Å². The first-order valence-corrected chi connectivity index (χ1v) is 11.3. The lowest BCUT2D eigenvalue weighted by Crippen LogP contribution is -2.41. The number of hydrogen-bond acceptors (Lipinski definition) is 6. The number of aryl methyl sites for hydroxylation is 1. The quantitative estimate of drug-likeness (QED) is 0.437. The second-order valence-corrected chi connectivity index (χ2v) is 8.78. The number of fused-ring (bicyclic) bond motifs is 2. The molecule has 0 bridgehead atoms. The minimum atomic E-state index is -4.59. The van der Waals surface area contributed by atoms with Gasteiger partial charge in [0.25, 0.3) is 0 Å². The zero-order valence-electron chi connectivity index (χ0n) is 20.1. The average molecular weight is 513 g/mol. The smallest absolute Gasteiger partial charge is 0.433 e. The molecule has 0 unspecified atom stereocenters. The topological polar surface area (TPSA) is 107 Å². The highest BCUT2D eigenvalue weighted by molar-refractivity contribution is 5.98. The van der Waals surface area contributed by atoms with E-state index in [-0.39, 0.29) is 17.8 Å². The van der Waals surface area contributed by atoms with Gasteiger partial charge in [-0.05, 0) is 37.6 Å². The second kappa shape index (κ2) is 8.91. The van der Waals surface area contributed by atoms with Crippen molar-refractivity contribution in [1.82, 2.24) is 29.2 Å².